The Labute approximate surface area is 193 Å². The maximum Gasteiger partial charge on any atom is 0.407 e. The van der Waals surface area contributed by atoms with Gasteiger partial charge in [-0.2, -0.15) is 0 Å². The van der Waals surface area contributed by atoms with Gasteiger partial charge in [-0.1, -0.05) is 62.4 Å². The summed E-state index contributed by atoms with van der Waals surface area (Å²) < 4.78 is 5.54. The lowest BCUT2D eigenvalue weighted by Gasteiger charge is -2.29. The number of hydrogen-bond donors (Lipinski definition) is 2. The molecular formula is C26H30N2O5. The number of nitrogens with one attached hydrogen (secondary N) is 1. The zero-order chi connectivity index (χ0) is 23.8. The molecule has 0 spiro atoms. The summed E-state index contributed by atoms with van der Waals surface area (Å²) in [6.45, 7) is 6.04. The molecule has 2 atom stereocenters. The lowest BCUT2D eigenvalue weighted by Crippen LogP contribution is -2.48. The number of fused-ring (bicyclic) bond motifs is 3. The summed E-state index contributed by atoms with van der Waals surface area (Å²) in [5, 5.41) is 12.3. The Morgan fingerprint density at radius 3 is 2.24 bits per heavy atom. The van der Waals surface area contributed by atoms with Crippen molar-refractivity contribution in [1.82, 2.24) is 10.2 Å². The first-order valence-corrected chi connectivity index (χ1v) is 11.3. The number of carbonyl (C=O) groups is 3. The Bertz CT molecular complexity index is 1030. The topological polar surface area (TPSA) is 95.9 Å². The molecule has 4 rings (SSSR count). The standard InChI is InChI=1S/C26H30N2O5/c1-16(14-22(29)28-13-12-26(2,3)23(28)24(30)31)27-25(32)33-15-21-19-10-6-4-8-17(19)18-9-5-7-11-20(18)21/h4-11,16,21,23H,12-15H2,1-3H3,(H,27,32)(H,30,31). The van der Waals surface area contributed by atoms with Crippen LogP contribution < -0.4 is 5.32 Å². The van der Waals surface area contributed by atoms with Crippen molar-refractivity contribution in [2.75, 3.05) is 13.2 Å². The van der Waals surface area contributed by atoms with E-state index >= 15 is 0 Å². The summed E-state index contributed by atoms with van der Waals surface area (Å²) in [6, 6.07) is 14.9. The lowest BCUT2D eigenvalue weighted by molar-refractivity contribution is -0.151. The molecule has 1 heterocycles. The van der Waals surface area contributed by atoms with Crippen LogP contribution in [-0.2, 0) is 14.3 Å². The van der Waals surface area contributed by atoms with E-state index in [0.717, 1.165) is 22.3 Å². The SMILES string of the molecule is CC(CC(=O)N1CCC(C)(C)C1C(=O)O)NC(=O)OCC1c2ccccc2-c2ccccc21. The summed E-state index contributed by atoms with van der Waals surface area (Å²) in [4.78, 5) is 38.3. The number of amides is 2. The van der Waals surface area contributed by atoms with E-state index in [-0.39, 0.29) is 24.9 Å². The van der Waals surface area contributed by atoms with E-state index in [0.29, 0.717) is 13.0 Å². The highest BCUT2D eigenvalue weighted by Crippen LogP contribution is 2.44. The van der Waals surface area contributed by atoms with Crippen LogP contribution in [0.1, 0.15) is 50.7 Å². The minimum atomic E-state index is -0.997. The van der Waals surface area contributed by atoms with Crippen molar-refractivity contribution in [3.63, 3.8) is 0 Å². The van der Waals surface area contributed by atoms with Crippen LogP contribution in [0.3, 0.4) is 0 Å². The van der Waals surface area contributed by atoms with Gasteiger partial charge in [0.1, 0.15) is 12.6 Å². The van der Waals surface area contributed by atoms with Gasteiger partial charge >= 0.3 is 12.1 Å². The number of ether oxygens (including phenoxy) is 1. The molecule has 1 aliphatic heterocycles. The molecular weight excluding hydrogens is 420 g/mol. The van der Waals surface area contributed by atoms with Gasteiger partial charge in [-0.05, 0) is 41.0 Å². The number of nitrogens with zero attached hydrogens (tertiary/aromatic N) is 1. The van der Waals surface area contributed by atoms with E-state index < -0.39 is 29.6 Å². The second kappa shape index (κ2) is 8.89. The first-order valence-electron chi connectivity index (χ1n) is 11.3. The number of hydrogen-bond acceptors (Lipinski definition) is 4. The summed E-state index contributed by atoms with van der Waals surface area (Å²) in [5.41, 5.74) is 4.09. The third kappa shape index (κ3) is 4.45. The van der Waals surface area contributed by atoms with E-state index in [1.54, 1.807) is 6.92 Å². The molecule has 2 N–H and O–H groups in total. The minimum Gasteiger partial charge on any atom is -0.480 e. The minimum absolute atomic E-state index is 0.0179. The van der Waals surface area contributed by atoms with E-state index in [2.05, 4.69) is 29.6 Å². The fourth-order valence-corrected chi connectivity index (χ4v) is 5.10. The van der Waals surface area contributed by atoms with Crippen LogP contribution in [-0.4, -0.2) is 53.2 Å². The maximum atomic E-state index is 12.8. The zero-order valence-electron chi connectivity index (χ0n) is 19.2. The summed E-state index contributed by atoms with van der Waals surface area (Å²) in [5.74, 6) is -1.31. The Balaban J connectivity index is 1.33. The van der Waals surface area contributed by atoms with Crippen molar-refractivity contribution < 1.29 is 24.2 Å². The zero-order valence-corrected chi connectivity index (χ0v) is 19.2. The van der Waals surface area contributed by atoms with Gasteiger partial charge < -0.3 is 20.1 Å². The summed E-state index contributed by atoms with van der Waals surface area (Å²) in [7, 11) is 0. The van der Waals surface area contributed by atoms with Gasteiger partial charge in [0.2, 0.25) is 5.91 Å². The third-order valence-corrected chi connectivity index (χ3v) is 6.79. The van der Waals surface area contributed by atoms with E-state index in [9.17, 15) is 19.5 Å². The highest BCUT2D eigenvalue weighted by Gasteiger charge is 2.47. The molecule has 2 aromatic rings. The first-order chi connectivity index (χ1) is 15.7. The highest BCUT2D eigenvalue weighted by atomic mass is 16.5. The molecule has 1 saturated heterocycles. The number of alkyl carbamates (subject to hydrolysis) is 1. The van der Waals surface area contributed by atoms with E-state index in [4.69, 9.17) is 4.74 Å². The van der Waals surface area contributed by atoms with Gasteiger partial charge in [0.15, 0.2) is 0 Å². The molecule has 7 nitrogen and oxygen atoms in total. The normalized spacial score (nSPS) is 19.5. The predicted octanol–water partition coefficient (Wildman–Crippen LogP) is 4.02. The van der Waals surface area contributed by atoms with Gasteiger partial charge in [-0.25, -0.2) is 9.59 Å². The average molecular weight is 451 g/mol. The van der Waals surface area contributed by atoms with Gasteiger partial charge in [0.25, 0.3) is 0 Å². The molecule has 2 amide bonds. The van der Waals surface area contributed by atoms with Gasteiger partial charge in [0.05, 0.1) is 0 Å². The molecule has 2 aliphatic rings. The van der Waals surface area contributed by atoms with Crippen LogP contribution in [0.5, 0.6) is 0 Å². The van der Waals surface area contributed by atoms with Crippen molar-refractivity contribution in [1.29, 1.82) is 0 Å². The molecule has 33 heavy (non-hydrogen) atoms. The molecule has 7 heteroatoms. The quantitative estimate of drug-likeness (QED) is 0.693. The molecule has 0 bridgehead atoms. The number of rotatable bonds is 6. The highest BCUT2D eigenvalue weighted by molar-refractivity contribution is 5.85. The number of carboxylic acids is 1. The summed E-state index contributed by atoms with van der Waals surface area (Å²) in [6.07, 6.45) is 0.0576. The number of carboxylic acid groups (broad SMARTS) is 1. The van der Waals surface area contributed by atoms with E-state index in [1.807, 2.05) is 38.1 Å². The molecule has 1 fully saturated rings. The van der Waals surface area contributed by atoms with Crippen molar-refractivity contribution >= 4 is 18.0 Å². The molecule has 1 aliphatic carbocycles. The molecule has 0 radical (unpaired) electrons. The molecule has 174 valence electrons. The first kappa shape index (κ1) is 22.8. The lowest BCUT2D eigenvalue weighted by atomic mass is 9.85. The van der Waals surface area contributed by atoms with Gasteiger partial charge in [0, 0.05) is 24.9 Å². The van der Waals surface area contributed by atoms with E-state index in [1.165, 1.54) is 4.90 Å². The Morgan fingerprint density at radius 2 is 1.67 bits per heavy atom. The maximum absolute atomic E-state index is 12.8. The summed E-state index contributed by atoms with van der Waals surface area (Å²) >= 11 is 0. The van der Waals surface area contributed by atoms with Gasteiger partial charge in [-0.3, -0.25) is 4.79 Å². The van der Waals surface area contributed by atoms with Crippen molar-refractivity contribution in [2.24, 2.45) is 5.41 Å². The van der Waals surface area contributed by atoms with Crippen molar-refractivity contribution in [3.8, 4) is 11.1 Å². The number of aliphatic carboxylic acids is 1. The Kier molecular flexibility index (Phi) is 6.15. The third-order valence-electron chi connectivity index (χ3n) is 6.79. The second-order valence-corrected chi connectivity index (χ2v) is 9.64. The Hall–Kier alpha value is -3.35. The van der Waals surface area contributed by atoms with Crippen LogP contribution in [0.25, 0.3) is 11.1 Å². The molecule has 0 saturated carbocycles. The molecule has 2 aromatic carbocycles. The molecule has 0 aromatic heterocycles. The number of carbonyl (C=O) groups excluding carboxylic acids is 2. The fourth-order valence-electron chi connectivity index (χ4n) is 5.10. The number of likely N-dealkylation sites (tertiary alicyclic amines) is 1. The smallest absolute Gasteiger partial charge is 0.407 e. The predicted molar refractivity (Wildman–Crippen MR) is 124 cm³/mol. The van der Waals surface area contributed by atoms with Crippen LogP contribution in [0.4, 0.5) is 4.79 Å². The van der Waals surface area contributed by atoms with Crippen molar-refractivity contribution in [2.45, 2.75) is 51.6 Å². The Morgan fingerprint density at radius 1 is 1.09 bits per heavy atom. The fraction of sp³-hybridized carbons (Fsp3) is 0.423. The van der Waals surface area contributed by atoms with Crippen molar-refractivity contribution in [3.05, 3.63) is 59.7 Å². The molecule has 2 unspecified atom stereocenters. The number of benzene rings is 2. The van der Waals surface area contributed by atoms with Crippen LogP contribution in [0, 0.1) is 5.41 Å². The van der Waals surface area contributed by atoms with Crippen LogP contribution in [0.15, 0.2) is 48.5 Å². The second-order valence-electron chi connectivity index (χ2n) is 9.64. The monoisotopic (exact) mass is 450 g/mol. The van der Waals surface area contributed by atoms with Gasteiger partial charge in [-0.15, -0.1) is 0 Å². The average Bonchev–Trinajstić information content (AvgIpc) is 3.26. The van der Waals surface area contributed by atoms with Crippen LogP contribution >= 0.6 is 0 Å². The largest absolute Gasteiger partial charge is 0.480 e. The van der Waals surface area contributed by atoms with Crippen LogP contribution in [0.2, 0.25) is 0 Å².